The van der Waals surface area contributed by atoms with E-state index in [1.165, 1.54) is 11.3 Å². The van der Waals surface area contributed by atoms with Gasteiger partial charge in [-0.1, -0.05) is 12.1 Å². The van der Waals surface area contributed by atoms with Gasteiger partial charge in [0.2, 0.25) is 0 Å². The van der Waals surface area contributed by atoms with Crippen molar-refractivity contribution in [3.63, 3.8) is 0 Å². The molecule has 0 bridgehead atoms. The molecule has 0 radical (unpaired) electrons. The highest BCUT2D eigenvalue weighted by Crippen LogP contribution is 2.38. The zero-order valence-electron chi connectivity index (χ0n) is 14.5. The van der Waals surface area contributed by atoms with Crippen LogP contribution in [0.3, 0.4) is 0 Å². The molecule has 0 aliphatic heterocycles. The number of methoxy groups -OCH3 is 2. The lowest BCUT2D eigenvalue weighted by Crippen LogP contribution is -2.12. The Bertz CT molecular complexity index is 956. The number of carbonyl (C=O) groups is 1. The number of nitrogens with one attached hydrogen (secondary N) is 1. The van der Waals surface area contributed by atoms with Crippen molar-refractivity contribution in [3.8, 4) is 22.8 Å². The van der Waals surface area contributed by atoms with E-state index in [4.69, 9.17) is 9.47 Å². The van der Waals surface area contributed by atoms with E-state index >= 15 is 0 Å². The molecule has 1 aromatic heterocycles. The van der Waals surface area contributed by atoms with Gasteiger partial charge in [-0.25, -0.2) is 4.98 Å². The highest BCUT2D eigenvalue weighted by Gasteiger charge is 2.17. The molecule has 0 fully saturated rings. The van der Waals surface area contributed by atoms with Gasteiger partial charge in [0.15, 0.2) is 5.13 Å². The third-order valence-corrected chi connectivity index (χ3v) is 5.38. The van der Waals surface area contributed by atoms with Gasteiger partial charge in [0, 0.05) is 14.9 Å². The third-order valence-electron chi connectivity index (χ3n) is 3.80. The monoisotopic (exact) mass is 432 g/mol. The van der Waals surface area contributed by atoms with Crippen LogP contribution in [-0.4, -0.2) is 25.1 Å². The molecule has 3 rings (SSSR count). The van der Waals surface area contributed by atoms with Crippen LogP contribution >= 0.6 is 27.3 Å². The van der Waals surface area contributed by atoms with Crippen molar-refractivity contribution in [3.05, 3.63) is 57.4 Å². The summed E-state index contributed by atoms with van der Waals surface area (Å²) < 4.78 is 11.5. The Morgan fingerprint density at radius 2 is 1.92 bits per heavy atom. The molecule has 0 aliphatic rings. The lowest BCUT2D eigenvalue weighted by molar-refractivity contribution is 0.102. The van der Waals surface area contributed by atoms with Crippen molar-refractivity contribution in [1.82, 2.24) is 4.98 Å². The summed E-state index contributed by atoms with van der Waals surface area (Å²) in [5.41, 5.74) is 2.14. The van der Waals surface area contributed by atoms with Crippen LogP contribution < -0.4 is 14.8 Å². The first kappa shape index (κ1) is 18.4. The van der Waals surface area contributed by atoms with Crippen LogP contribution in [0.2, 0.25) is 0 Å². The predicted octanol–water partition coefficient (Wildman–Crippen LogP) is 5.15. The van der Waals surface area contributed by atoms with Crippen molar-refractivity contribution in [2.45, 2.75) is 6.92 Å². The molecule has 134 valence electrons. The number of rotatable bonds is 5. The molecule has 1 amide bonds. The summed E-state index contributed by atoms with van der Waals surface area (Å²) in [7, 11) is 3.23. The quantitative estimate of drug-likeness (QED) is 0.605. The third kappa shape index (κ3) is 3.73. The van der Waals surface area contributed by atoms with Gasteiger partial charge in [-0.3, -0.25) is 10.1 Å². The number of aromatic nitrogens is 1. The molecule has 0 atom stereocenters. The Balaban J connectivity index is 1.93. The van der Waals surface area contributed by atoms with E-state index < -0.39 is 0 Å². The standard InChI is InChI=1S/C19H17BrN2O3S/c1-11-17(14-10-12(24-2)8-9-16(14)25-3)21-19(26-11)22-18(23)13-6-4-5-7-15(13)20/h4-10H,1-3H3,(H,21,22,23). The average Bonchev–Trinajstić information content (AvgIpc) is 3.01. The highest BCUT2D eigenvalue weighted by molar-refractivity contribution is 9.10. The van der Waals surface area contributed by atoms with E-state index in [2.05, 4.69) is 26.2 Å². The van der Waals surface area contributed by atoms with E-state index in [1.807, 2.05) is 43.3 Å². The Hall–Kier alpha value is -2.38. The number of carbonyl (C=O) groups excluding carboxylic acids is 1. The second kappa shape index (κ2) is 7.88. The first-order valence-electron chi connectivity index (χ1n) is 7.79. The summed E-state index contributed by atoms with van der Waals surface area (Å²) in [5.74, 6) is 1.20. The number of hydrogen-bond donors (Lipinski definition) is 1. The molecule has 3 aromatic rings. The van der Waals surface area contributed by atoms with Crippen molar-refractivity contribution in [1.29, 1.82) is 0 Å². The SMILES string of the molecule is COc1ccc(OC)c(-c2nc(NC(=O)c3ccccc3Br)sc2C)c1. The summed E-state index contributed by atoms with van der Waals surface area (Å²) in [5, 5.41) is 3.39. The molecule has 0 aliphatic carbocycles. The van der Waals surface area contributed by atoms with Gasteiger partial charge < -0.3 is 9.47 Å². The van der Waals surface area contributed by atoms with Crippen LogP contribution in [0.15, 0.2) is 46.9 Å². The van der Waals surface area contributed by atoms with Gasteiger partial charge >= 0.3 is 0 Å². The molecular weight excluding hydrogens is 416 g/mol. The highest BCUT2D eigenvalue weighted by atomic mass is 79.9. The number of nitrogens with zero attached hydrogens (tertiary/aromatic N) is 1. The maximum absolute atomic E-state index is 12.5. The van der Waals surface area contributed by atoms with Gasteiger partial charge in [-0.2, -0.15) is 0 Å². The fourth-order valence-corrected chi connectivity index (χ4v) is 3.80. The Morgan fingerprint density at radius 3 is 2.62 bits per heavy atom. The summed E-state index contributed by atoms with van der Waals surface area (Å²) in [6.07, 6.45) is 0. The number of thiazole rings is 1. The zero-order valence-corrected chi connectivity index (χ0v) is 16.9. The minimum absolute atomic E-state index is 0.213. The predicted molar refractivity (Wildman–Crippen MR) is 107 cm³/mol. The average molecular weight is 433 g/mol. The molecular formula is C19H17BrN2O3S. The lowest BCUT2D eigenvalue weighted by Gasteiger charge is -2.09. The van der Waals surface area contributed by atoms with Crippen molar-refractivity contribution in [2.24, 2.45) is 0 Å². The van der Waals surface area contributed by atoms with Gasteiger partial charge in [0.1, 0.15) is 11.5 Å². The molecule has 0 saturated heterocycles. The van der Waals surface area contributed by atoms with Gasteiger partial charge in [-0.05, 0) is 53.2 Å². The molecule has 5 nitrogen and oxygen atoms in total. The van der Waals surface area contributed by atoms with Crippen molar-refractivity contribution in [2.75, 3.05) is 19.5 Å². The fourth-order valence-electron chi connectivity index (χ4n) is 2.51. The molecule has 26 heavy (non-hydrogen) atoms. The van der Waals surface area contributed by atoms with Gasteiger partial charge in [0.25, 0.3) is 5.91 Å². The lowest BCUT2D eigenvalue weighted by atomic mass is 10.1. The smallest absolute Gasteiger partial charge is 0.258 e. The van der Waals surface area contributed by atoms with Crippen LogP contribution in [-0.2, 0) is 0 Å². The van der Waals surface area contributed by atoms with Crippen LogP contribution in [0.5, 0.6) is 11.5 Å². The van der Waals surface area contributed by atoms with Crippen LogP contribution in [0.1, 0.15) is 15.2 Å². The van der Waals surface area contributed by atoms with E-state index in [0.717, 1.165) is 20.6 Å². The Morgan fingerprint density at radius 1 is 1.15 bits per heavy atom. The minimum atomic E-state index is -0.213. The topological polar surface area (TPSA) is 60.5 Å². The molecule has 0 saturated carbocycles. The first-order chi connectivity index (χ1) is 12.5. The first-order valence-corrected chi connectivity index (χ1v) is 9.40. The van der Waals surface area contributed by atoms with Crippen LogP contribution in [0.4, 0.5) is 5.13 Å². The summed E-state index contributed by atoms with van der Waals surface area (Å²) >= 11 is 4.81. The molecule has 7 heteroatoms. The number of amides is 1. The molecule has 0 spiro atoms. The van der Waals surface area contributed by atoms with E-state index in [9.17, 15) is 4.79 Å². The van der Waals surface area contributed by atoms with E-state index in [-0.39, 0.29) is 5.91 Å². The number of halogens is 1. The van der Waals surface area contributed by atoms with E-state index in [1.54, 1.807) is 20.3 Å². The number of ether oxygens (including phenoxy) is 2. The van der Waals surface area contributed by atoms with Crippen molar-refractivity contribution < 1.29 is 14.3 Å². The van der Waals surface area contributed by atoms with Gasteiger partial charge in [0.05, 0.1) is 25.5 Å². The number of benzene rings is 2. The second-order valence-electron chi connectivity index (χ2n) is 5.42. The number of aryl methyl sites for hydroxylation is 1. The maximum atomic E-state index is 12.5. The summed E-state index contributed by atoms with van der Waals surface area (Å²) in [6.45, 7) is 1.96. The van der Waals surface area contributed by atoms with Crippen molar-refractivity contribution >= 4 is 38.3 Å². The summed E-state index contributed by atoms with van der Waals surface area (Å²) in [6, 6.07) is 12.8. The number of anilines is 1. The summed E-state index contributed by atoms with van der Waals surface area (Å²) in [4.78, 5) is 18.1. The van der Waals surface area contributed by atoms with E-state index in [0.29, 0.717) is 22.2 Å². The number of hydrogen-bond acceptors (Lipinski definition) is 5. The largest absolute Gasteiger partial charge is 0.497 e. The Labute approximate surface area is 164 Å². The Kier molecular flexibility index (Phi) is 5.58. The maximum Gasteiger partial charge on any atom is 0.258 e. The second-order valence-corrected chi connectivity index (χ2v) is 7.48. The zero-order chi connectivity index (χ0) is 18.7. The fraction of sp³-hybridized carbons (Fsp3) is 0.158. The molecule has 1 N–H and O–H groups in total. The molecule has 1 heterocycles. The normalized spacial score (nSPS) is 10.5. The minimum Gasteiger partial charge on any atom is -0.497 e. The van der Waals surface area contributed by atoms with Crippen LogP contribution in [0, 0.1) is 6.92 Å². The van der Waals surface area contributed by atoms with Gasteiger partial charge in [-0.15, -0.1) is 11.3 Å². The van der Waals surface area contributed by atoms with Crippen LogP contribution in [0.25, 0.3) is 11.3 Å². The molecule has 2 aromatic carbocycles. The molecule has 0 unspecified atom stereocenters.